The number of benzene rings is 1. The van der Waals surface area contributed by atoms with Crippen LogP contribution < -0.4 is 4.74 Å². The summed E-state index contributed by atoms with van der Waals surface area (Å²) in [7, 11) is 0. The van der Waals surface area contributed by atoms with Gasteiger partial charge in [0.05, 0.1) is 5.69 Å². The van der Waals surface area contributed by atoms with E-state index in [4.69, 9.17) is 4.74 Å². The topological polar surface area (TPSA) is 70.1 Å². The van der Waals surface area contributed by atoms with Crippen molar-refractivity contribution in [2.24, 2.45) is 0 Å². The van der Waals surface area contributed by atoms with Gasteiger partial charge in [0.2, 0.25) is 5.88 Å². The third kappa shape index (κ3) is 2.89. The largest absolute Gasteiger partial charge is 0.439 e. The lowest BCUT2D eigenvalue weighted by Gasteiger charge is -2.11. The fourth-order valence-corrected chi connectivity index (χ4v) is 2.21. The van der Waals surface area contributed by atoms with E-state index in [1.807, 2.05) is 0 Å². The molecule has 4 aromatic rings. The van der Waals surface area contributed by atoms with Crippen molar-refractivity contribution in [3.63, 3.8) is 0 Å². The van der Waals surface area contributed by atoms with E-state index in [1.54, 1.807) is 47.4 Å². The van der Waals surface area contributed by atoms with Gasteiger partial charge in [0.15, 0.2) is 5.69 Å². The maximum absolute atomic E-state index is 13.0. The molecule has 10 heteroatoms. The Bertz CT molecular complexity index is 1010. The van der Waals surface area contributed by atoms with Crippen molar-refractivity contribution in [1.82, 2.24) is 29.4 Å². The number of rotatable bonds is 3. The predicted octanol–water partition coefficient (Wildman–Crippen LogP) is 3.12. The summed E-state index contributed by atoms with van der Waals surface area (Å²) < 4.78 is 47.2. The van der Waals surface area contributed by atoms with Gasteiger partial charge in [-0.05, 0) is 30.3 Å². The minimum atomic E-state index is -4.62. The Morgan fingerprint density at radius 2 is 1.84 bits per heavy atom. The van der Waals surface area contributed by atoms with Gasteiger partial charge in [0, 0.05) is 18.5 Å². The first kappa shape index (κ1) is 15.1. The van der Waals surface area contributed by atoms with Crippen LogP contribution in [0.15, 0.2) is 55.1 Å². The summed E-state index contributed by atoms with van der Waals surface area (Å²) in [5.41, 5.74) is -0.315. The van der Waals surface area contributed by atoms with Crippen molar-refractivity contribution in [3.05, 3.63) is 60.8 Å². The molecule has 0 saturated carbocycles. The van der Waals surface area contributed by atoms with Crippen LogP contribution in [0.4, 0.5) is 13.2 Å². The van der Waals surface area contributed by atoms with Gasteiger partial charge in [0.1, 0.15) is 12.1 Å². The van der Waals surface area contributed by atoms with Crippen LogP contribution in [-0.4, -0.2) is 29.4 Å². The van der Waals surface area contributed by atoms with Crippen molar-refractivity contribution < 1.29 is 17.9 Å². The zero-order chi connectivity index (χ0) is 17.4. The van der Waals surface area contributed by atoms with Crippen LogP contribution in [0.25, 0.3) is 11.5 Å². The Kier molecular flexibility index (Phi) is 3.38. The van der Waals surface area contributed by atoms with Crippen molar-refractivity contribution in [2.75, 3.05) is 0 Å². The molecule has 0 bridgehead atoms. The molecule has 0 radical (unpaired) electrons. The summed E-state index contributed by atoms with van der Waals surface area (Å²) >= 11 is 0. The molecule has 0 saturated heterocycles. The fourth-order valence-electron chi connectivity index (χ4n) is 2.21. The lowest BCUT2D eigenvalue weighted by Crippen LogP contribution is -2.10. The zero-order valence-electron chi connectivity index (χ0n) is 12.4. The predicted molar refractivity (Wildman–Crippen MR) is 79.4 cm³/mol. The van der Waals surface area contributed by atoms with E-state index in [0.717, 1.165) is 22.6 Å². The summed E-state index contributed by atoms with van der Waals surface area (Å²) in [5, 5.41) is 7.93. The number of fused-ring (bicyclic) bond motifs is 1. The average molecular weight is 346 g/mol. The molecule has 3 aromatic heterocycles. The Balaban J connectivity index is 1.69. The summed E-state index contributed by atoms with van der Waals surface area (Å²) in [5.74, 6) is 0.00619. The number of nitrogens with zero attached hydrogens (tertiary/aromatic N) is 6. The molecule has 7 nitrogen and oxygen atoms in total. The highest BCUT2D eigenvalue weighted by Crippen LogP contribution is 2.31. The molecule has 3 heterocycles. The van der Waals surface area contributed by atoms with Crippen LogP contribution in [0.3, 0.4) is 0 Å². The maximum atomic E-state index is 13.0. The van der Waals surface area contributed by atoms with E-state index in [-0.39, 0.29) is 11.7 Å². The SMILES string of the molecule is FC(F)(F)c1cc(Oc2ccc(-n3cccn3)cc2)n2ncnc2n1. The molecule has 0 fully saturated rings. The smallest absolute Gasteiger partial charge is 0.433 e. The molecule has 0 spiro atoms. The Labute approximate surface area is 138 Å². The second-order valence-corrected chi connectivity index (χ2v) is 5.00. The summed E-state index contributed by atoms with van der Waals surface area (Å²) in [6, 6.07) is 9.25. The van der Waals surface area contributed by atoms with E-state index in [2.05, 4.69) is 20.2 Å². The van der Waals surface area contributed by atoms with Gasteiger partial charge < -0.3 is 4.74 Å². The van der Waals surface area contributed by atoms with E-state index in [1.165, 1.54) is 0 Å². The standard InChI is InChI=1S/C15H9F3N6O/c16-15(17,18)12-8-13(24-14(22-12)19-9-21-24)25-11-4-2-10(3-5-11)23-7-1-6-20-23/h1-9H. The van der Waals surface area contributed by atoms with Crippen LogP contribution in [0.5, 0.6) is 11.6 Å². The second-order valence-electron chi connectivity index (χ2n) is 5.00. The normalized spacial score (nSPS) is 11.8. The van der Waals surface area contributed by atoms with E-state index < -0.39 is 11.9 Å². The van der Waals surface area contributed by atoms with Gasteiger partial charge in [-0.1, -0.05) is 0 Å². The minimum absolute atomic E-state index is 0.137. The molecule has 0 amide bonds. The van der Waals surface area contributed by atoms with Gasteiger partial charge in [0.25, 0.3) is 5.78 Å². The number of hydrogen-bond acceptors (Lipinski definition) is 5. The van der Waals surface area contributed by atoms with Crippen LogP contribution in [-0.2, 0) is 6.18 Å². The number of halogens is 3. The van der Waals surface area contributed by atoms with Crippen LogP contribution >= 0.6 is 0 Å². The van der Waals surface area contributed by atoms with Crippen molar-refractivity contribution in [2.45, 2.75) is 6.18 Å². The van der Waals surface area contributed by atoms with Gasteiger partial charge in [-0.15, -0.1) is 0 Å². The molecule has 25 heavy (non-hydrogen) atoms. The zero-order valence-corrected chi connectivity index (χ0v) is 12.4. The van der Waals surface area contributed by atoms with Gasteiger partial charge in [-0.25, -0.2) is 9.67 Å². The van der Waals surface area contributed by atoms with Crippen molar-refractivity contribution in [3.8, 4) is 17.3 Å². The highest BCUT2D eigenvalue weighted by atomic mass is 19.4. The molecule has 0 aliphatic heterocycles. The maximum Gasteiger partial charge on any atom is 0.433 e. The lowest BCUT2D eigenvalue weighted by atomic mass is 10.3. The van der Waals surface area contributed by atoms with Crippen LogP contribution in [0.2, 0.25) is 0 Å². The number of ether oxygens (including phenoxy) is 1. The summed E-state index contributed by atoms with van der Waals surface area (Å²) in [4.78, 5) is 7.12. The number of hydrogen-bond donors (Lipinski definition) is 0. The quantitative estimate of drug-likeness (QED) is 0.570. The molecule has 126 valence electrons. The Hall–Kier alpha value is -3.43. The first-order valence-electron chi connectivity index (χ1n) is 7.07. The van der Waals surface area contributed by atoms with Crippen molar-refractivity contribution in [1.29, 1.82) is 0 Å². The van der Waals surface area contributed by atoms with Crippen LogP contribution in [0.1, 0.15) is 5.69 Å². The molecule has 0 unspecified atom stereocenters. The van der Waals surface area contributed by atoms with E-state index in [9.17, 15) is 13.2 Å². The molecule has 0 N–H and O–H groups in total. The van der Waals surface area contributed by atoms with Crippen molar-refractivity contribution >= 4 is 5.78 Å². The minimum Gasteiger partial charge on any atom is -0.439 e. The molecular formula is C15H9F3N6O. The third-order valence-electron chi connectivity index (χ3n) is 3.34. The molecule has 0 aliphatic carbocycles. The second kappa shape index (κ2) is 5.58. The molecule has 1 aromatic carbocycles. The molecular weight excluding hydrogens is 337 g/mol. The van der Waals surface area contributed by atoms with Crippen LogP contribution in [0, 0.1) is 0 Å². The highest BCUT2D eigenvalue weighted by molar-refractivity contribution is 5.40. The number of alkyl halides is 3. The number of aromatic nitrogens is 6. The summed E-state index contributed by atoms with van der Waals surface area (Å²) in [6.07, 6.45) is -0.0965. The van der Waals surface area contributed by atoms with E-state index >= 15 is 0 Å². The Morgan fingerprint density at radius 3 is 2.52 bits per heavy atom. The molecule has 4 rings (SSSR count). The first-order valence-corrected chi connectivity index (χ1v) is 7.07. The van der Waals surface area contributed by atoms with Gasteiger partial charge in [-0.2, -0.15) is 32.9 Å². The average Bonchev–Trinajstić information content (AvgIpc) is 3.26. The van der Waals surface area contributed by atoms with Gasteiger partial charge in [-0.3, -0.25) is 0 Å². The Morgan fingerprint density at radius 1 is 1.04 bits per heavy atom. The highest BCUT2D eigenvalue weighted by Gasteiger charge is 2.34. The van der Waals surface area contributed by atoms with Gasteiger partial charge >= 0.3 is 6.18 Å². The first-order chi connectivity index (χ1) is 12.0. The lowest BCUT2D eigenvalue weighted by molar-refractivity contribution is -0.141. The molecule has 0 aliphatic rings. The monoisotopic (exact) mass is 346 g/mol. The summed E-state index contributed by atoms with van der Waals surface area (Å²) in [6.45, 7) is 0. The third-order valence-corrected chi connectivity index (χ3v) is 3.34. The molecule has 0 atom stereocenters. The fraction of sp³-hybridized carbons (Fsp3) is 0.0667. The van der Waals surface area contributed by atoms with E-state index in [0.29, 0.717) is 5.75 Å².